The van der Waals surface area contributed by atoms with E-state index in [1.54, 1.807) is 0 Å². The summed E-state index contributed by atoms with van der Waals surface area (Å²) in [6, 6.07) is 11.6. The highest BCUT2D eigenvalue weighted by Crippen LogP contribution is 2.39. The second-order valence-electron chi connectivity index (χ2n) is 8.16. The number of hydrogen-bond donors (Lipinski definition) is 1. The quantitative estimate of drug-likeness (QED) is 0.872. The molecule has 0 saturated heterocycles. The van der Waals surface area contributed by atoms with Gasteiger partial charge in [0, 0.05) is 31.1 Å². The molecule has 1 aromatic heterocycles. The van der Waals surface area contributed by atoms with Crippen LogP contribution in [0, 0.1) is 0 Å². The molecule has 0 atom stereocenters. The number of nitrogens with one attached hydrogen (secondary N) is 1. The second kappa shape index (κ2) is 6.90. The Labute approximate surface area is 156 Å². The summed E-state index contributed by atoms with van der Waals surface area (Å²) in [7, 11) is 0. The average Bonchev–Trinajstić information content (AvgIpc) is 3.53. The molecule has 2 fully saturated rings. The number of rotatable bonds is 4. The van der Waals surface area contributed by atoms with Crippen molar-refractivity contribution in [1.29, 1.82) is 0 Å². The monoisotopic (exact) mass is 348 g/mol. The van der Waals surface area contributed by atoms with Crippen molar-refractivity contribution >= 4 is 11.6 Å². The molecule has 4 heteroatoms. The summed E-state index contributed by atoms with van der Waals surface area (Å²) in [4.78, 5) is 12.3. The zero-order valence-corrected chi connectivity index (χ0v) is 15.5. The summed E-state index contributed by atoms with van der Waals surface area (Å²) in [6.45, 7) is 2.00. The Hall–Kier alpha value is -2.10. The van der Waals surface area contributed by atoms with Crippen LogP contribution >= 0.6 is 0 Å². The molecule has 2 aliphatic carbocycles. The number of anilines is 2. The summed E-state index contributed by atoms with van der Waals surface area (Å²) < 4.78 is 0. The van der Waals surface area contributed by atoms with E-state index < -0.39 is 0 Å². The molecule has 2 heterocycles. The summed E-state index contributed by atoms with van der Waals surface area (Å²) in [5.41, 5.74) is 2.92. The first-order valence-corrected chi connectivity index (χ1v) is 10.3. The molecule has 3 aliphatic rings. The molecule has 1 aliphatic heterocycles. The van der Waals surface area contributed by atoms with Gasteiger partial charge in [-0.25, -0.2) is 9.97 Å². The highest BCUT2D eigenvalue weighted by atomic mass is 15.2. The maximum Gasteiger partial charge on any atom is 0.136 e. The van der Waals surface area contributed by atoms with Crippen molar-refractivity contribution in [2.45, 2.75) is 69.9 Å². The Bertz CT molecular complexity index is 777. The summed E-state index contributed by atoms with van der Waals surface area (Å²) in [6.07, 6.45) is 10.2. The maximum absolute atomic E-state index is 4.96. The zero-order chi connectivity index (χ0) is 17.3. The van der Waals surface area contributed by atoms with Gasteiger partial charge in [0.1, 0.15) is 17.5 Å². The average molecular weight is 348 g/mol. The summed E-state index contributed by atoms with van der Waals surface area (Å²) in [5.74, 6) is 3.79. The largest absolute Gasteiger partial charge is 0.367 e. The van der Waals surface area contributed by atoms with E-state index in [4.69, 9.17) is 9.97 Å². The number of aromatic nitrogens is 2. The molecule has 1 N–H and O–H groups in total. The number of benzene rings is 1. The van der Waals surface area contributed by atoms with Crippen LogP contribution in [0.25, 0.3) is 0 Å². The van der Waals surface area contributed by atoms with Crippen molar-refractivity contribution in [1.82, 2.24) is 9.97 Å². The first-order chi connectivity index (χ1) is 12.8. The van der Waals surface area contributed by atoms with E-state index in [0.29, 0.717) is 12.0 Å². The van der Waals surface area contributed by atoms with Gasteiger partial charge in [0.05, 0.1) is 0 Å². The number of fused-ring (bicyclic) bond motifs is 1. The molecule has 136 valence electrons. The zero-order valence-electron chi connectivity index (χ0n) is 15.5. The first kappa shape index (κ1) is 16.1. The molecular formula is C22H28N4. The fourth-order valence-electron chi connectivity index (χ4n) is 4.36. The van der Waals surface area contributed by atoms with Crippen LogP contribution in [-0.2, 0) is 13.0 Å². The molecule has 0 amide bonds. The SMILES string of the molecule is c1ccc2c(c1)CCN(c1cc(NC3CCCCC3)nc(C3CC3)n1)C2. The predicted molar refractivity (Wildman–Crippen MR) is 106 cm³/mol. The molecule has 26 heavy (non-hydrogen) atoms. The van der Waals surface area contributed by atoms with Crippen LogP contribution in [0.15, 0.2) is 30.3 Å². The Morgan fingerprint density at radius 3 is 2.54 bits per heavy atom. The normalized spacial score (nSPS) is 20.7. The van der Waals surface area contributed by atoms with E-state index in [0.717, 1.165) is 37.0 Å². The van der Waals surface area contributed by atoms with Gasteiger partial charge >= 0.3 is 0 Å². The van der Waals surface area contributed by atoms with Crippen LogP contribution in [0.2, 0.25) is 0 Å². The lowest BCUT2D eigenvalue weighted by atomic mass is 9.95. The van der Waals surface area contributed by atoms with Crippen LogP contribution in [0.1, 0.15) is 67.8 Å². The van der Waals surface area contributed by atoms with E-state index in [1.807, 2.05) is 0 Å². The van der Waals surface area contributed by atoms with E-state index in [9.17, 15) is 0 Å². The van der Waals surface area contributed by atoms with Crippen molar-refractivity contribution in [3.8, 4) is 0 Å². The lowest BCUT2D eigenvalue weighted by Gasteiger charge is -2.30. The molecule has 0 spiro atoms. The van der Waals surface area contributed by atoms with Crippen molar-refractivity contribution in [3.63, 3.8) is 0 Å². The molecule has 0 bridgehead atoms. The first-order valence-electron chi connectivity index (χ1n) is 10.3. The smallest absolute Gasteiger partial charge is 0.136 e. The minimum atomic E-state index is 0.582. The van der Waals surface area contributed by atoms with Gasteiger partial charge in [-0.15, -0.1) is 0 Å². The van der Waals surface area contributed by atoms with Crippen molar-refractivity contribution in [2.24, 2.45) is 0 Å². The highest BCUT2D eigenvalue weighted by Gasteiger charge is 2.29. The lowest BCUT2D eigenvalue weighted by molar-refractivity contribution is 0.461. The molecule has 2 saturated carbocycles. The van der Waals surface area contributed by atoms with Crippen molar-refractivity contribution in [2.75, 3.05) is 16.8 Å². The molecule has 0 unspecified atom stereocenters. The Morgan fingerprint density at radius 2 is 1.73 bits per heavy atom. The number of nitrogens with zero attached hydrogens (tertiary/aromatic N) is 3. The van der Waals surface area contributed by atoms with E-state index >= 15 is 0 Å². The third kappa shape index (κ3) is 3.42. The van der Waals surface area contributed by atoms with Crippen molar-refractivity contribution in [3.05, 3.63) is 47.3 Å². The molecule has 5 rings (SSSR count). The Balaban J connectivity index is 1.41. The van der Waals surface area contributed by atoms with Gasteiger partial charge in [-0.3, -0.25) is 0 Å². The number of hydrogen-bond acceptors (Lipinski definition) is 4. The van der Waals surface area contributed by atoms with Crippen LogP contribution in [0.4, 0.5) is 11.6 Å². The fourth-order valence-corrected chi connectivity index (χ4v) is 4.36. The minimum absolute atomic E-state index is 0.582. The molecule has 4 nitrogen and oxygen atoms in total. The summed E-state index contributed by atoms with van der Waals surface area (Å²) >= 11 is 0. The van der Waals surface area contributed by atoms with Crippen LogP contribution in [-0.4, -0.2) is 22.6 Å². The van der Waals surface area contributed by atoms with E-state index in [-0.39, 0.29) is 0 Å². The van der Waals surface area contributed by atoms with Gasteiger partial charge in [-0.2, -0.15) is 0 Å². The summed E-state index contributed by atoms with van der Waals surface area (Å²) in [5, 5.41) is 3.72. The minimum Gasteiger partial charge on any atom is -0.367 e. The van der Waals surface area contributed by atoms with Gasteiger partial charge in [0.15, 0.2) is 0 Å². The van der Waals surface area contributed by atoms with Gasteiger partial charge in [-0.1, -0.05) is 43.5 Å². The lowest BCUT2D eigenvalue weighted by Crippen LogP contribution is -2.31. The van der Waals surface area contributed by atoms with Crippen LogP contribution in [0.3, 0.4) is 0 Å². The molecule has 0 radical (unpaired) electrons. The van der Waals surface area contributed by atoms with E-state index in [2.05, 4.69) is 40.5 Å². The Morgan fingerprint density at radius 1 is 0.923 bits per heavy atom. The molecule has 2 aromatic rings. The third-order valence-corrected chi connectivity index (χ3v) is 6.08. The second-order valence-corrected chi connectivity index (χ2v) is 8.16. The maximum atomic E-state index is 4.96. The Kier molecular flexibility index (Phi) is 4.27. The van der Waals surface area contributed by atoms with Gasteiger partial charge in [-0.05, 0) is 43.2 Å². The van der Waals surface area contributed by atoms with Gasteiger partial charge in [0.2, 0.25) is 0 Å². The van der Waals surface area contributed by atoms with E-state index in [1.165, 1.54) is 56.1 Å². The highest BCUT2D eigenvalue weighted by molar-refractivity contribution is 5.52. The molecule has 1 aromatic carbocycles. The van der Waals surface area contributed by atoms with Crippen LogP contribution < -0.4 is 10.2 Å². The van der Waals surface area contributed by atoms with Gasteiger partial charge < -0.3 is 10.2 Å². The predicted octanol–water partition coefficient (Wildman–Crippen LogP) is 4.66. The fraction of sp³-hybridized carbons (Fsp3) is 0.545. The topological polar surface area (TPSA) is 41.0 Å². The van der Waals surface area contributed by atoms with Crippen LogP contribution in [0.5, 0.6) is 0 Å². The standard InChI is InChI=1S/C22H28N4/c1-2-8-19(9-3-1)23-20-14-21(25-22(24-20)17-10-11-17)26-13-12-16-6-4-5-7-18(16)15-26/h4-7,14,17,19H,1-3,8-13,15H2,(H,23,24,25). The van der Waals surface area contributed by atoms with Crippen molar-refractivity contribution < 1.29 is 0 Å². The molecular weight excluding hydrogens is 320 g/mol. The van der Waals surface area contributed by atoms with Gasteiger partial charge in [0.25, 0.3) is 0 Å². The third-order valence-electron chi connectivity index (χ3n) is 6.08.